The Kier molecular flexibility index (Phi) is 5.75. The zero-order valence-electron chi connectivity index (χ0n) is 14.0. The van der Waals surface area contributed by atoms with Crippen LogP contribution in [0.5, 0.6) is 0 Å². The summed E-state index contributed by atoms with van der Waals surface area (Å²) in [6.45, 7) is 3.90. The van der Waals surface area contributed by atoms with Crippen LogP contribution in [0.15, 0.2) is 48.5 Å². The van der Waals surface area contributed by atoms with Crippen molar-refractivity contribution < 1.29 is 14.3 Å². The third-order valence-corrected chi connectivity index (χ3v) is 3.57. The summed E-state index contributed by atoms with van der Waals surface area (Å²) in [6, 6.07) is 14.7. The normalized spacial score (nSPS) is 9.62. The van der Waals surface area contributed by atoms with Crippen molar-refractivity contribution in [1.82, 2.24) is 0 Å². The number of nitrogens with zero attached hydrogens (tertiary/aromatic N) is 1. The maximum absolute atomic E-state index is 12.4. The molecule has 4 nitrogen and oxygen atoms in total. The van der Waals surface area contributed by atoms with Gasteiger partial charge in [-0.1, -0.05) is 36.3 Å². The average Bonchev–Trinajstić information content (AvgIpc) is 2.60. The number of amides is 1. The number of carbonyl (C=O) groups is 2. The van der Waals surface area contributed by atoms with Gasteiger partial charge in [0.25, 0.3) is 0 Å². The van der Waals surface area contributed by atoms with E-state index in [1.807, 2.05) is 37.3 Å². The molecule has 24 heavy (non-hydrogen) atoms. The molecule has 0 N–H and O–H groups in total. The van der Waals surface area contributed by atoms with Crippen LogP contribution in [0, 0.1) is 18.8 Å². The van der Waals surface area contributed by atoms with Gasteiger partial charge in [-0.15, -0.1) is 0 Å². The lowest BCUT2D eigenvalue weighted by molar-refractivity contribution is -0.113. The van der Waals surface area contributed by atoms with Gasteiger partial charge in [-0.3, -0.25) is 9.69 Å². The van der Waals surface area contributed by atoms with Crippen LogP contribution in [0.4, 0.5) is 5.69 Å². The third kappa shape index (κ3) is 4.02. The van der Waals surface area contributed by atoms with Crippen LogP contribution >= 0.6 is 0 Å². The standard InChI is InChI=1S/C20H19NO3/c1-4-8-19(22)21(18-12-6-5-9-15(18)2)14-16-10-7-11-17(13-16)20(23)24-3/h5-7,9-13H,14H2,1-3H3. The predicted molar refractivity (Wildman–Crippen MR) is 93.6 cm³/mol. The monoisotopic (exact) mass is 321 g/mol. The van der Waals surface area contributed by atoms with Crippen LogP contribution in [-0.2, 0) is 16.1 Å². The lowest BCUT2D eigenvalue weighted by atomic mass is 10.1. The lowest BCUT2D eigenvalue weighted by Gasteiger charge is -2.22. The molecular weight excluding hydrogens is 302 g/mol. The molecule has 122 valence electrons. The molecule has 1 amide bonds. The molecule has 0 aliphatic heterocycles. The molecule has 0 spiro atoms. The number of anilines is 1. The molecule has 0 atom stereocenters. The maximum atomic E-state index is 12.4. The fourth-order valence-corrected chi connectivity index (χ4v) is 2.40. The Balaban J connectivity index is 2.39. The summed E-state index contributed by atoms with van der Waals surface area (Å²) in [7, 11) is 1.34. The number of hydrogen-bond acceptors (Lipinski definition) is 3. The number of esters is 1. The first-order chi connectivity index (χ1) is 11.6. The molecule has 2 aromatic carbocycles. The van der Waals surface area contributed by atoms with Crippen molar-refractivity contribution in [2.24, 2.45) is 0 Å². The Labute approximate surface area is 142 Å². The average molecular weight is 321 g/mol. The molecule has 0 fully saturated rings. The summed E-state index contributed by atoms with van der Waals surface area (Å²) < 4.78 is 4.74. The van der Waals surface area contributed by atoms with Crippen LogP contribution in [0.1, 0.15) is 28.4 Å². The summed E-state index contributed by atoms with van der Waals surface area (Å²) >= 11 is 0. The number of methoxy groups -OCH3 is 1. The van der Waals surface area contributed by atoms with Gasteiger partial charge in [-0.05, 0) is 49.1 Å². The summed E-state index contributed by atoms with van der Waals surface area (Å²) in [5.74, 6) is 4.55. The van der Waals surface area contributed by atoms with Crippen molar-refractivity contribution in [2.45, 2.75) is 20.4 Å². The molecule has 0 heterocycles. The first-order valence-corrected chi connectivity index (χ1v) is 7.54. The molecule has 0 aliphatic carbocycles. The Morgan fingerprint density at radius 2 is 1.88 bits per heavy atom. The minimum absolute atomic E-state index is 0.282. The SMILES string of the molecule is CC#CC(=O)N(Cc1cccc(C(=O)OC)c1)c1ccccc1C. The smallest absolute Gasteiger partial charge is 0.337 e. The van der Waals surface area contributed by atoms with Gasteiger partial charge >= 0.3 is 11.9 Å². The van der Waals surface area contributed by atoms with E-state index in [0.29, 0.717) is 12.1 Å². The van der Waals surface area contributed by atoms with Crippen LogP contribution in [0.25, 0.3) is 0 Å². The second-order valence-electron chi connectivity index (χ2n) is 5.24. The fourth-order valence-electron chi connectivity index (χ4n) is 2.40. The number of hydrogen-bond donors (Lipinski definition) is 0. The number of aryl methyl sites for hydroxylation is 1. The van der Waals surface area contributed by atoms with Gasteiger partial charge in [-0.2, -0.15) is 0 Å². The minimum Gasteiger partial charge on any atom is -0.465 e. The molecule has 0 saturated heterocycles. The zero-order valence-corrected chi connectivity index (χ0v) is 14.0. The van der Waals surface area contributed by atoms with Crippen molar-refractivity contribution in [3.8, 4) is 11.8 Å². The first kappa shape index (κ1) is 17.3. The van der Waals surface area contributed by atoms with Crippen molar-refractivity contribution in [2.75, 3.05) is 12.0 Å². The number of carbonyl (C=O) groups excluding carboxylic acids is 2. The highest BCUT2D eigenvalue weighted by Crippen LogP contribution is 2.22. The van der Waals surface area contributed by atoms with E-state index in [-0.39, 0.29) is 5.91 Å². The van der Waals surface area contributed by atoms with E-state index in [1.54, 1.807) is 30.0 Å². The van der Waals surface area contributed by atoms with E-state index in [9.17, 15) is 9.59 Å². The van der Waals surface area contributed by atoms with Crippen molar-refractivity contribution in [1.29, 1.82) is 0 Å². The van der Waals surface area contributed by atoms with Crippen LogP contribution in [0.2, 0.25) is 0 Å². The number of para-hydroxylation sites is 1. The van der Waals surface area contributed by atoms with E-state index in [4.69, 9.17) is 4.74 Å². The van der Waals surface area contributed by atoms with Crippen LogP contribution in [-0.4, -0.2) is 19.0 Å². The van der Waals surface area contributed by atoms with Gasteiger partial charge in [-0.25, -0.2) is 4.79 Å². The molecule has 0 bridgehead atoms. The summed E-state index contributed by atoms with van der Waals surface area (Å²) in [4.78, 5) is 25.7. The minimum atomic E-state index is -0.404. The van der Waals surface area contributed by atoms with Crippen molar-refractivity contribution in [3.63, 3.8) is 0 Å². The van der Waals surface area contributed by atoms with Gasteiger partial charge in [0.05, 0.1) is 19.2 Å². The summed E-state index contributed by atoms with van der Waals surface area (Å²) in [6.07, 6.45) is 0. The highest BCUT2D eigenvalue weighted by Gasteiger charge is 2.17. The summed E-state index contributed by atoms with van der Waals surface area (Å²) in [5.41, 5.74) is 3.06. The zero-order chi connectivity index (χ0) is 17.5. The van der Waals surface area contributed by atoms with Crippen molar-refractivity contribution in [3.05, 3.63) is 65.2 Å². The quantitative estimate of drug-likeness (QED) is 0.641. The Morgan fingerprint density at radius 3 is 2.54 bits per heavy atom. The van der Waals surface area contributed by atoms with E-state index >= 15 is 0 Å². The lowest BCUT2D eigenvalue weighted by Crippen LogP contribution is -2.29. The Bertz CT molecular complexity index is 815. The molecule has 0 aliphatic rings. The molecule has 2 rings (SSSR count). The van der Waals surface area contributed by atoms with Gasteiger partial charge in [0.1, 0.15) is 0 Å². The van der Waals surface area contributed by atoms with E-state index in [1.165, 1.54) is 7.11 Å². The number of ether oxygens (including phenoxy) is 1. The number of rotatable bonds is 4. The van der Waals surface area contributed by atoms with Crippen LogP contribution in [0.3, 0.4) is 0 Å². The molecule has 2 aromatic rings. The Morgan fingerprint density at radius 1 is 1.12 bits per heavy atom. The van der Waals surface area contributed by atoms with E-state index in [2.05, 4.69) is 11.8 Å². The molecule has 0 unspecified atom stereocenters. The Hall–Kier alpha value is -3.06. The first-order valence-electron chi connectivity index (χ1n) is 7.54. The predicted octanol–water partition coefficient (Wildman–Crippen LogP) is 3.34. The van der Waals surface area contributed by atoms with E-state index in [0.717, 1.165) is 16.8 Å². The molecular formula is C20H19NO3. The van der Waals surface area contributed by atoms with Crippen LogP contribution < -0.4 is 4.90 Å². The van der Waals surface area contributed by atoms with Gasteiger partial charge < -0.3 is 4.74 Å². The van der Waals surface area contributed by atoms with Gasteiger partial charge in [0, 0.05) is 5.69 Å². The van der Waals surface area contributed by atoms with E-state index < -0.39 is 5.97 Å². The largest absolute Gasteiger partial charge is 0.465 e. The maximum Gasteiger partial charge on any atom is 0.337 e. The topological polar surface area (TPSA) is 46.6 Å². The molecule has 0 radical (unpaired) electrons. The van der Waals surface area contributed by atoms with Gasteiger partial charge in [0.15, 0.2) is 0 Å². The van der Waals surface area contributed by atoms with Gasteiger partial charge in [0.2, 0.25) is 0 Å². The fraction of sp³-hybridized carbons (Fsp3) is 0.200. The number of benzene rings is 2. The third-order valence-electron chi connectivity index (χ3n) is 3.57. The highest BCUT2D eigenvalue weighted by atomic mass is 16.5. The summed E-state index contributed by atoms with van der Waals surface area (Å²) in [5, 5.41) is 0. The molecule has 0 saturated carbocycles. The second kappa shape index (κ2) is 7.98. The molecule has 0 aromatic heterocycles. The highest BCUT2D eigenvalue weighted by molar-refractivity contribution is 6.06. The second-order valence-corrected chi connectivity index (χ2v) is 5.24. The van der Waals surface area contributed by atoms with Crippen molar-refractivity contribution >= 4 is 17.6 Å². The molecule has 4 heteroatoms.